The van der Waals surface area contributed by atoms with E-state index in [9.17, 15) is 4.79 Å². The average molecular weight is 312 g/mol. The zero-order chi connectivity index (χ0) is 8.15. The van der Waals surface area contributed by atoms with Crippen LogP contribution in [0.1, 0.15) is 13.8 Å². The summed E-state index contributed by atoms with van der Waals surface area (Å²) in [4.78, 5) is 10.7. The summed E-state index contributed by atoms with van der Waals surface area (Å²) in [6, 6.07) is 0. The summed E-state index contributed by atoms with van der Waals surface area (Å²) in [5, 5.41) is 2.94. The minimum atomic E-state index is 0.0675. The molecule has 0 aromatic carbocycles. The Balaban J connectivity index is 3.49. The standard InChI is InChI=1S/C6H12N2O.W/c1-5(6(2)9)3-8-4-7;/h5,8H,3,7H2,1-2H3;. The monoisotopic (exact) mass is 312 g/mol. The molecule has 58 valence electrons. The van der Waals surface area contributed by atoms with E-state index >= 15 is 0 Å². The normalized spacial score (nSPS) is 12.7. The molecule has 3 nitrogen and oxygen atoms in total. The van der Waals surface area contributed by atoms with Crippen LogP contribution >= 0.6 is 0 Å². The molecule has 1 atom stereocenters. The van der Waals surface area contributed by atoms with Gasteiger partial charge in [-0.05, 0) is 0 Å². The zero-order valence-corrected chi connectivity index (χ0v) is 9.11. The fourth-order valence-electron chi connectivity index (χ4n) is 0.397. The van der Waals surface area contributed by atoms with Crippen molar-refractivity contribution in [3.8, 4) is 0 Å². The van der Waals surface area contributed by atoms with Gasteiger partial charge in [-0.15, -0.1) is 0 Å². The SMILES string of the molecule is CC(=O)C(C)CN[C](N)=[W]. The molecule has 4 heteroatoms. The summed E-state index contributed by atoms with van der Waals surface area (Å²) in [6.45, 7) is 4.13. The predicted octanol–water partition coefficient (Wildman–Crippen LogP) is -0.606. The number of nitrogens with one attached hydrogen (secondary N) is 1. The third-order valence-electron chi connectivity index (χ3n) is 1.28. The summed E-state index contributed by atoms with van der Waals surface area (Å²) in [5.74, 6) is 0.265. The molecule has 0 amide bonds. The van der Waals surface area contributed by atoms with E-state index in [-0.39, 0.29) is 11.7 Å². The van der Waals surface area contributed by atoms with Crippen molar-refractivity contribution < 1.29 is 24.1 Å². The Morgan fingerprint density at radius 1 is 1.80 bits per heavy atom. The summed E-state index contributed by atoms with van der Waals surface area (Å²) in [5.41, 5.74) is 5.37. The van der Waals surface area contributed by atoms with Crippen LogP contribution in [-0.4, -0.2) is 16.5 Å². The van der Waals surface area contributed by atoms with Gasteiger partial charge in [0.2, 0.25) is 0 Å². The van der Waals surface area contributed by atoms with E-state index in [0.717, 1.165) is 4.15 Å². The van der Waals surface area contributed by atoms with Gasteiger partial charge in [0.1, 0.15) is 0 Å². The Morgan fingerprint density at radius 2 is 2.30 bits per heavy atom. The summed E-state index contributed by atoms with van der Waals surface area (Å²) >= 11 is 1.21. The molecule has 0 rings (SSSR count). The molecule has 0 spiro atoms. The van der Waals surface area contributed by atoms with Crippen LogP contribution in [0.5, 0.6) is 0 Å². The number of hydrogen-bond donors (Lipinski definition) is 2. The number of rotatable bonds is 4. The summed E-state index contributed by atoms with van der Waals surface area (Å²) in [6.07, 6.45) is 0. The van der Waals surface area contributed by atoms with Crippen LogP contribution in [0, 0.1) is 5.92 Å². The molecule has 0 aliphatic heterocycles. The fraction of sp³-hybridized carbons (Fsp3) is 0.667. The third kappa shape index (κ3) is 4.97. The van der Waals surface area contributed by atoms with Gasteiger partial charge in [-0.2, -0.15) is 0 Å². The van der Waals surface area contributed by atoms with Crippen LogP contribution in [0.3, 0.4) is 0 Å². The Hall–Kier alpha value is 0.148. The first-order valence-electron chi connectivity index (χ1n) is 3.07. The Labute approximate surface area is 71.8 Å². The topological polar surface area (TPSA) is 55.1 Å². The minimum absolute atomic E-state index is 0.0675. The fourth-order valence-corrected chi connectivity index (χ4v) is 0.697. The molecule has 1 unspecified atom stereocenters. The quantitative estimate of drug-likeness (QED) is 0.728. The predicted molar refractivity (Wildman–Crippen MR) is 37.0 cm³/mol. The molecular weight excluding hydrogens is 300 g/mol. The van der Waals surface area contributed by atoms with Crippen LogP contribution in [0.25, 0.3) is 0 Å². The Bertz CT molecular complexity index is 147. The van der Waals surface area contributed by atoms with E-state index < -0.39 is 0 Å². The molecule has 0 aliphatic carbocycles. The summed E-state index contributed by atoms with van der Waals surface area (Å²) in [7, 11) is 0. The number of carbonyl (C=O) groups is 1. The first kappa shape index (κ1) is 10.1. The van der Waals surface area contributed by atoms with Gasteiger partial charge in [0.15, 0.2) is 0 Å². The molecule has 0 aromatic heterocycles. The molecule has 0 fully saturated rings. The van der Waals surface area contributed by atoms with E-state index in [4.69, 9.17) is 5.73 Å². The van der Waals surface area contributed by atoms with Crippen molar-refractivity contribution in [2.75, 3.05) is 6.54 Å². The molecule has 0 radical (unpaired) electrons. The second kappa shape index (κ2) is 4.89. The van der Waals surface area contributed by atoms with Gasteiger partial charge in [-0.25, -0.2) is 0 Å². The molecule has 0 saturated heterocycles. The second-order valence-corrected chi connectivity index (χ2v) is 3.84. The Kier molecular flexibility index (Phi) is 4.96. The molecule has 3 N–H and O–H groups in total. The first-order valence-corrected chi connectivity index (χ1v) is 4.54. The third-order valence-corrected chi connectivity index (χ3v) is 1.80. The molecule has 0 aliphatic rings. The van der Waals surface area contributed by atoms with E-state index in [1.807, 2.05) is 6.92 Å². The van der Waals surface area contributed by atoms with Crippen LogP contribution < -0.4 is 11.1 Å². The number of Topliss-reactive ketones (excluding diaryl/α,β-unsaturated/α-hetero) is 1. The maximum absolute atomic E-state index is 10.7. The number of hydrogen-bond acceptors (Lipinski definition) is 3. The molecule has 0 saturated carbocycles. The number of carbonyl (C=O) groups excluding carboxylic acids is 1. The van der Waals surface area contributed by atoms with Crippen molar-refractivity contribution in [3.63, 3.8) is 0 Å². The van der Waals surface area contributed by atoms with Crippen LogP contribution in [0.4, 0.5) is 0 Å². The zero-order valence-electron chi connectivity index (χ0n) is 6.18. The Morgan fingerprint density at radius 3 is 2.60 bits per heavy atom. The number of nitrogens with two attached hydrogens (primary N) is 1. The van der Waals surface area contributed by atoms with E-state index in [0.29, 0.717) is 6.54 Å². The van der Waals surface area contributed by atoms with E-state index in [2.05, 4.69) is 5.32 Å². The molecule has 0 aromatic rings. The maximum atomic E-state index is 10.7. The van der Waals surface area contributed by atoms with Crippen molar-refractivity contribution in [1.29, 1.82) is 0 Å². The number of ketones is 1. The van der Waals surface area contributed by atoms with Crippen molar-refractivity contribution in [1.82, 2.24) is 5.32 Å². The van der Waals surface area contributed by atoms with Gasteiger partial charge in [0, 0.05) is 0 Å². The van der Waals surface area contributed by atoms with Crippen molar-refractivity contribution >= 4 is 9.93 Å². The van der Waals surface area contributed by atoms with Crippen LogP contribution in [-0.2, 0) is 24.1 Å². The van der Waals surface area contributed by atoms with Gasteiger partial charge in [-0.3, -0.25) is 0 Å². The average Bonchev–Trinajstić information content (AvgIpc) is 1.82. The van der Waals surface area contributed by atoms with Crippen LogP contribution in [0.15, 0.2) is 0 Å². The molecular formula is C6H12N2OW. The molecule has 0 bridgehead atoms. The molecule has 10 heavy (non-hydrogen) atoms. The van der Waals surface area contributed by atoms with Crippen LogP contribution in [0.2, 0.25) is 0 Å². The summed E-state index contributed by atoms with van der Waals surface area (Å²) < 4.78 is 0.744. The first-order chi connectivity index (χ1) is 4.54. The van der Waals surface area contributed by atoms with Crippen molar-refractivity contribution in [2.45, 2.75) is 13.8 Å². The van der Waals surface area contributed by atoms with Gasteiger partial charge in [-0.1, -0.05) is 0 Å². The van der Waals surface area contributed by atoms with E-state index in [1.165, 1.54) is 19.4 Å². The molecule has 0 heterocycles. The van der Waals surface area contributed by atoms with Crippen molar-refractivity contribution in [2.24, 2.45) is 11.7 Å². The van der Waals surface area contributed by atoms with Gasteiger partial charge < -0.3 is 0 Å². The van der Waals surface area contributed by atoms with Gasteiger partial charge in [0.05, 0.1) is 0 Å². The van der Waals surface area contributed by atoms with Gasteiger partial charge in [0.25, 0.3) is 0 Å². The second-order valence-electron chi connectivity index (χ2n) is 2.26. The van der Waals surface area contributed by atoms with E-state index in [1.54, 1.807) is 6.92 Å². The van der Waals surface area contributed by atoms with Gasteiger partial charge >= 0.3 is 71.4 Å². The van der Waals surface area contributed by atoms with Crippen molar-refractivity contribution in [3.05, 3.63) is 0 Å².